The maximum atomic E-state index is 13.3. The first-order valence-electron chi connectivity index (χ1n) is 10.1. The number of methoxy groups -OCH3 is 1. The van der Waals surface area contributed by atoms with E-state index in [9.17, 15) is 4.39 Å². The normalized spacial score (nSPS) is 14.8. The van der Waals surface area contributed by atoms with Crippen LogP contribution in [0.4, 0.5) is 4.39 Å². The number of ether oxygens (including phenoxy) is 2. The van der Waals surface area contributed by atoms with Crippen molar-refractivity contribution < 1.29 is 13.9 Å². The van der Waals surface area contributed by atoms with Gasteiger partial charge in [-0.3, -0.25) is 0 Å². The third kappa shape index (κ3) is 4.68. The number of hydrogen-bond donors (Lipinski definition) is 0. The van der Waals surface area contributed by atoms with Gasteiger partial charge in [-0.2, -0.15) is 0 Å². The van der Waals surface area contributed by atoms with Gasteiger partial charge in [0.25, 0.3) is 0 Å². The molecule has 1 aliphatic rings. The van der Waals surface area contributed by atoms with Crippen molar-refractivity contribution in [3.8, 4) is 11.5 Å². The first-order valence-corrected chi connectivity index (χ1v) is 10.1. The second kappa shape index (κ2) is 8.95. The molecule has 0 radical (unpaired) electrons. The van der Waals surface area contributed by atoms with Crippen molar-refractivity contribution in [2.45, 2.75) is 31.8 Å². The van der Waals surface area contributed by atoms with E-state index in [0.717, 1.165) is 46.6 Å². The number of rotatable bonds is 6. The van der Waals surface area contributed by atoms with Gasteiger partial charge in [0.2, 0.25) is 0 Å². The van der Waals surface area contributed by atoms with E-state index in [2.05, 4.69) is 24.3 Å². The quantitative estimate of drug-likeness (QED) is 0.435. The molecule has 4 rings (SSSR count). The van der Waals surface area contributed by atoms with Crippen molar-refractivity contribution in [2.75, 3.05) is 7.11 Å². The topological polar surface area (TPSA) is 18.5 Å². The molecule has 0 amide bonds. The second-order valence-electron chi connectivity index (χ2n) is 7.37. The Kier molecular flexibility index (Phi) is 5.95. The molecule has 29 heavy (non-hydrogen) atoms. The van der Waals surface area contributed by atoms with Crippen LogP contribution in [0.2, 0.25) is 0 Å². The van der Waals surface area contributed by atoms with Crippen LogP contribution in [0.15, 0.2) is 72.8 Å². The van der Waals surface area contributed by atoms with Crippen molar-refractivity contribution in [1.29, 1.82) is 0 Å². The van der Waals surface area contributed by atoms with E-state index >= 15 is 0 Å². The molecule has 0 unspecified atom stereocenters. The molecule has 3 aromatic carbocycles. The first kappa shape index (κ1) is 19.3. The van der Waals surface area contributed by atoms with E-state index in [0.29, 0.717) is 0 Å². The standard InChI is InChI=1S/C26H25FO2/c1-28-25-16-13-21(18-26(25)29-23-9-5-6-10-23)24(20-7-3-2-4-8-20)17-19-11-14-22(27)15-12-19/h2-4,7-8,11-18,23H,5-6,9-10H2,1H3. The average molecular weight is 388 g/mol. The fourth-order valence-corrected chi connectivity index (χ4v) is 3.80. The zero-order valence-corrected chi connectivity index (χ0v) is 16.6. The maximum Gasteiger partial charge on any atom is 0.162 e. The summed E-state index contributed by atoms with van der Waals surface area (Å²) in [5, 5.41) is 0. The predicted molar refractivity (Wildman–Crippen MR) is 116 cm³/mol. The van der Waals surface area contributed by atoms with Crippen LogP contribution in [-0.4, -0.2) is 13.2 Å². The summed E-state index contributed by atoms with van der Waals surface area (Å²) in [5.41, 5.74) is 4.12. The minimum atomic E-state index is -0.236. The first-order chi connectivity index (χ1) is 14.2. The number of hydrogen-bond acceptors (Lipinski definition) is 2. The largest absolute Gasteiger partial charge is 0.493 e. The van der Waals surface area contributed by atoms with Crippen LogP contribution < -0.4 is 9.47 Å². The third-order valence-corrected chi connectivity index (χ3v) is 5.34. The predicted octanol–water partition coefficient (Wildman–Crippen LogP) is 6.74. The minimum Gasteiger partial charge on any atom is -0.493 e. The monoisotopic (exact) mass is 388 g/mol. The maximum absolute atomic E-state index is 13.3. The zero-order chi connectivity index (χ0) is 20.1. The van der Waals surface area contributed by atoms with Crippen molar-refractivity contribution in [3.05, 3.63) is 95.3 Å². The molecule has 0 aromatic heterocycles. The molecular weight excluding hydrogens is 363 g/mol. The summed E-state index contributed by atoms with van der Waals surface area (Å²) in [6, 6.07) is 22.8. The van der Waals surface area contributed by atoms with Crippen LogP contribution in [0, 0.1) is 5.82 Å². The lowest BCUT2D eigenvalue weighted by molar-refractivity contribution is 0.201. The fourth-order valence-electron chi connectivity index (χ4n) is 3.80. The third-order valence-electron chi connectivity index (χ3n) is 5.34. The van der Waals surface area contributed by atoms with Crippen LogP contribution in [0.3, 0.4) is 0 Å². The van der Waals surface area contributed by atoms with E-state index < -0.39 is 0 Å². The van der Waals surface area contributed by atoms with Gasteiger partial charge in [0.1, 0.15) is 5.82 Å². The Morgan fingerprint density at radius 2 is 1.59 bits per heavy atom. The Morgan fingerprint density at radius 3 is 2.28 bits per heavy atom. The van der Waals surface area contributed by atoms with Gasteiger partial charge in [-0.25, -0.2) is 4.39 Å². The van der Waals surface area contributed by atoms with Gasteiger partial charge < -0.3 is 9.47 Å². The summed E-state index contributed by atoms with van der Waals surface area (Å²) in [6.45, 7) is 0. The molecule has 0 atom stereocenters. The van der Waals surface area contributed by atoms with Crippen LogP contribution >= 0.6 is 0 Å². The Morgan fingerprint density at radius 1 is 0.862 bits per heavy atom. The molecule has 0 bridgehead atoms. The molecule has 0 saturated heterocycles. The fraction of sp³-hybridized carbons (Fsp3) is 0.231. The van der Waals surface area contributed by atoms with Crippen LogP contribution in [-0.2, 0) is 0 Å². The molecule has 148 valence electrons. The van der Waals surface area contributed by atoms with Crippen LogP contribution in [0.1, 0.15) is 42.4 Å². The molecule has 0 spiro atoms. The smallest absolute Gasteiger partial charge is 0.162 e. The molecule has 1 fully saturated rings. The van der Waals surface area contributed by atoms with E-state index in [1.165, 1.54) is 25.0 Å². The Bertz CT molecular complexity index is 971. The van der Waals surface area contributed by atoms with Gasteiger partial charge >= 0.3 is 0 Å². The Hall–Kier alpha value is -3.07. The van der Waals surface area contributed by atoms with Gasteiger partial charge in [0.05, 0.1) is 13.2 Å². The molecule has 2 nitrogen and oxygen atoms in total. The molecule has 3 heteroatoms. The summed E-state index contributed by atoms with van der Waals surface area (Å²) < 4.78 is 25.2. The summed E-state index contributed by atoms with van der Waals surface area (Å²) in [4.78, 5) is 0. The van der Waals surface area contributed by atoms with Crippen molar-refractivity contribution >= 4 is 11.6 Å². The number of halogens is 1. The van der Waals surface area contributed by atoms with Gasteiger partial charge in [0, 0.05) is 0 Å². The van der Waals surface area contributed by atoms with Gasteiger partial charge in [-0.05, 0) is 78.3 Å². The highest BCUT2D eigenvalue weighted by molar-refractivity contribution is 5.91. The molecule has 0 aliphatic heterocycles. The van der Waals surface area contributed by atoms with Crippen LogP contribution in [0.25, 0.3) is 11.6 Å². The molecule has 1 saturated carbocycles. The summed E-state index contributed by atoms with van der Waals surface area (Å²) >= 11 is 0. The molecule has 3 aromatic rings. The van der Waals surface area contributed by atoms with E-state index in [1.807, 2.05) is 30.3 Å². The van der Waals surface area contributed by atoms with E-state index in [4.69, 9.17) is 9.47 Å². The van der Waals surface area contributed by atoms with Gasteiger partial charge in [-0.1, -0.05) is 48.5 Å². The average Bonchev–Trinajstić information content (AvgIpc) is 3.27. The summed E-state index contributed by atoms with van der Waals surface area (Å²) in [6.07, 6.45) is 6.93. The number of benzene rings is 3. The zero-order valence-electron chi connectivity index (χ0n) is 16.6. The van der Waals surface area contributed by atoms with Crippen LogP contribution in [0.5, 0.6) is 11.5 Å². The highest BCUT2D eigenvalue weighted by Crippen LogP contribution is 2.36. The highest BCUT2D eigenvalue weighted by atomic mass is 19.1. The Labute approximate surface area is 171 Å². The van der Waals surface area contributed by atoms with Gasteiger partial charge in [0.15, 0.2) is 11.5 Å². The highest BCUT2D eigenvalue weighted by Gasteiger charge is 2.19. The summed E-state index contributed by atoms with van der Waals surface area (Å²) in [5.74, 6) is 1.28. The lowest BCUT2D eigenvalue weighted by Gasteiger charge is -2.18. The molecule has 1 aliphatic carbocycles. The van der Waals surface area contributed by atoms with Gasteiger partial charge in [-0.15, -0.1) is 0 Å². The lowest BCUT2D eigenvalue weighted by atomic mass is 9.95. The van der Waals surface area contributed by atoms with Crippen molar-refractivity contribution in [3.63, 3.8) is 0 Å². The van der Waals surface area contributed by atoms with E-state index in [1.54, 1.807) is 19.2 Å². The van der Waals surface area contributed by atoms with Crippen molar-refractivity contribution in [2.24, 2.45) is 0 Å². The molecular formula is C26H25FO2. The Balaban J connectivity index is 1.76. The van der Waals surface area contributed by atoms with E-state index in [-0.39, 0.29) is 11.9 Å². The summed E-state index contributed by atoms with van der Waals surface area (Å²) in [7, 11) is 1.67. The molecule has 0 N–H and O–H groups in total. The second-order valence-corrected chi connectivity index (χ2v) is 7.37. The molecule has 0 heterocycles. The minimum absolute atomic E-state index is 0.236. The SMILES string of the molecule is COc1ccc(C(=Cc2ccc(F)cc2)c2ccccc2)cc1OC1CCCC1. The van der Waals surface area contributed by atoms with Crippen molar-refractivity contribution in [1.82, 2.24) is 0 Å². The lowest BCUT2D eigenvalue weighted by Crippen LogP contribution is -2.11.